The Bertz CT molecular complexity index is 641. The number of aliphatic carboxylic acids is 1. The molecular weight excluding hydrogens is 388 g/mol. The van der Waals surface area contributed by atoms with Gasteiger partial charge in [-0.15, -0.1) is 0 Å². The minimum absolute atomic E-state index is 0.109. The van der Waals surface area contributed by atoms with Gasteiger partial charge in [-0.3, -0.25) is 4.79 Å². The maximum absolute atomic E-state index is 11.7. The van der Waals surface area contributed by atoms with E-state index in [1.807, 2.05) is 12.1 Å². The average Bonchev–Trinajstić information content (AvgIpc) is 2.78. The first-order valence-electron chi connectivity index (χ1n) is 12.0. The molecule has 3 N–H and O–H groups in total. The number of carboxylic acid groups (broad SMARTS) is 1. The van der Waals surface area contributed by atoms with Crippen molar-refractivity contribution in [2.75, 3.05) is 0 Å². The van der Waals surface area contributed by atoms with Gasteiger partial charge in [0.05, 0.1) is 19.1 Å². The Morgan fingerprint density at radius 2 is 1.35 bits per heavy atom. The van der Waals surface area contributed by atoms with Gasteiger partial charge in [0, 0.05) is 0 Å². The lowest BCUT2D eigenvalue weighted by Crippen LogP contribution is -2.16. The quantitative estimate of drug-likeness (QED) is 0.188. The highest BCUT2D eigenvalue weighted by molar-refractivity contribution is 5.70. The largest absolute Gasteiger partial charge is 0.481 e. The third-order valence-electron chi connectivity index (χ3n) is 5.56. The zero-order valence-corrected chi connectivity index (χ0v) is 19.3. The maximum atomic E-state index is 11.7. The number of benzene rings is 1. The van der Waals surface area contributed by atoms with Crippen LogP contribution >= 0.6 is 0 Å². The molecule has 0 saturated carbocycles. The zero-order valence-electron chi connectivity index (χ0n) is 19.3. The fraction of sp³-hybridized carbons (Fsp3) is 0.593. The number of carboxylic acids is 1. The molecule has 0 aliphatic heterocycles. The van der Waals surface area contributed by atoms with Crippen molar-refractivity contribution in [3.8, 4) is 0 Å². The Labute approximate surface area is 188 Å². The van der Waals surface area contributed by atoms with Gasteiger partial charge in [0.25, 0.3) is 0 Å². The summed E-state index contributed by atoms with van der Waals surface area (Å²) >= 11 is 0. The number of unbranched alkanes of at least 4 members (excludes halogenated alkanes) is 7. The van der Waals surface area contributed by atoms with Crippen molar-refractivity contribution < 1.29 is 20.1 Å². The third kappa shape index (κ3) is 13.2. The predicted molar refractivity (Wildman–Crippen MR) is 128 cm³/mol. The van der Waals surface area contributed by atoms with Crippen molar-refractivity contribution in [2.45, 2.75) is 97.2 Å². The van der Waals surface area contributed by atoms with Gasteiger partial charge >= 0.3 is 5.97 Å². The summed E-state index contributed by atoms with van der Waals surface area (Å²) in [4.78, 5) is 11.7. The molecule has 1 aromatic rings. The van der Waals surface area contributed by atoms with Gasteiger partial charge in [-0.05, 0) is 61.6 Å². The van der Waals surface area contributed by atoms with Crippen molar-refractivity contribution in [1.29, 1.82) is 0 Å². The van der Waals surface area contributed by atoms with Crippen LogP contribution in [0.15, 0.2) is 42.5 Å². The van der Waals surface area contributed by atoms with Crippen LogP contribution in [0.3, 0.4) is 0 Å². The number of hydrogen-bond donors (Lipinski definition) is 3. The summed E-state index contributed by atoms with van der Waals surface area (Å²) < 4.78 is 0. The minimum atomic E-state index is -0.773. The standard InChI is InChI=1S/C27H42O4/c1-2-3-4-5-6-7-8-9-10-11-12-13-14-15-16-26(27(30)31)20-23-17-24(21-28)19-25(18-23)22-29/h6-7,9-10,17-19,26,28-29H,2-5,8,11-16,20-22H2,1H3,(H,30,31)/b7-6-,10-9-. The van der Waals surface area contributed by atoms with Crippen molar-refractivity contribution in [3.63, 3.8) is 0 Å². The van der Waals surface area contributed by atoms with Crippen LogP contribution in [0.2, 0.25) is 0 Å². The van der Waals surface area contributed by atoms with Crippen LogP contribution in [-0.2, 0) is 24.4 Å². The highest BCUT2D eigenvalue weighted by Crippen LogP contribution is 2.20. The molecule has 0 bridgehead atoms. The van der Waals surface area contributed by atoms with Crippen LogP contribution in [-0.4, -0.2) is 21.3 Å². The summed E-state index contributed by atoms with van der Waals surface area (Å²) in [5, 5.41) is 28.3. The number of aliphatic hydroxyl groups is 2. The SMILES string of the molecule is CCCCC/C=C\C/C=C\CCCCCCC(Cc1cc(CO)cc(CO)c1)C(=O)O. The number of carbonyl (C=O) groups is 1. The van der Waals surface area contributed by atoms with E-state index in [4.69, 9.17) is 0 Å². The third-order valence-corrected chi connectivity index (χ3v) is 5.56. The molecule has 1 atom stereocenters. The summed E-state index contributed by atoms with van der Waals surface area (Å²) in [5.74, 6) is -1.20. The Kier molecular flexibility index (Phi) is 15.5. The molecule has 0 aromatic heterocycles. The summed E-state index contributed by atoms with van der Waals surface area (Å²) in [6.07, 6.45) is 21.5. The van der Waals surface area contributed by atoms with E-state index in [-0.39, 0.29) is 13.2 Å². The Morgan fingerprint density at radius 3 is 1.90 bits per heavy atom. The molecule has 0 fully saturated rings. The lowest BCUT2D eigenvalue weighted by molar-refractivity contribution is -0.142. The fourth-order valence-corrected chi connectivity index (χ4v) is 3.76. The molecule has 1 rings (SSSR count). The van der Waals surface area contributed by atoms with Gasteiger partial charge in [-0.2, -0.15) is 0 Å². The zero-order chi connectivity index (χ0) is 22.7. The normalized spacial score (nSPS) is 12.7. The molecule has 4 nitrogen and oxygen atoms in total. The highest BCUT2D eigenvalue weighted by atomic mass is 16.4. The molecule has 0 amide bonds. The van der Waals surface area contributed by atoms with Crippen LogP contribution in [0.5, 0.6) is 0 Å². The van der Waals surface area contributed by atoms with Gasteiger partial charge in [0.1, 0.15) is 0 Å². The summed E-state index contributed by atoms with van der Waals surface area (Å²) in [6.45, 7) is 2.01. The molecule has 31 heavy (non-hydrogen) atoms. The molecule has 1 unspecified atom stereocenters. The maximum Gasteiger partial charge on any atom is 0.306 e. The van der Waals surface area contributed by atoms with Crippen LogP contribution in [0, 0.1) is 5.92 Å². The molecule has 1 aromatic carbocycles. The van der Waals surface area contributed by atoms with Crippen molar-refractivity contribution in [2.24, 2.45) is 5.92 Å². The van der Waals surface area contributed by atoms with E-state index in [9.17, 15) is 20.1 Å². The number of allylic oxidation sites excluding steroid dienone is 4. The molecule has 0 heterocycles. The van der Waals surface area contributed by atoms with E-state index in [0.29, 0.717) is 24.0 Å². The fourth-order valence-electron chi connectivity index (χ4n) is 3.76. The van der Waals surface area contributed by atoms with Crippen LogP contribution in [0.1, 0.15) is 94.2 Å². The molecule has 174 valence electrons. The van der Waals surface area contributed by atoms with E-state index >= 15 is 0 Å². The van der Waals surface area contributed by atoms with Gasteiger partial charge in [-0.25, -0.2) is 0 Å². The predicted octanol–water partition coefficient (Wildman–Crippen LogP) is 6.34. The Balaban J connectivity index is 2.23. The number of rotatable bonds is 18. The van der Waals surface area contributed by atoms with Crippen molar-refractivity contribution >= 4 is 5.97 Å². The van der Waals surface area contributed by atoms with E-state index < -0.39 is 11.9 Å². The number of aliphatic hydroxyl groups excluding tert-OH is 2. The average molecular weight is 431 g/mol. The van der Waals surface area contributed by atoms with E-state index in [1.165, 1.54) is 25.7 Å². The molecular formula is C27H42O4. The molecule has 0 aliphatic rings. The first kappa shape index (κ1) is 27.1. The van der Waals surface area contributed by atoms with Gasteiger partial charge in [-0.1, -0.05) is 81.5 Å². The summed E-state index contributed by atoms with van der Waals surface area (Å²) in [6, 6.07) is 5.42. The van der Waals surface area contributed by atoms with Crippen LogP contribution in [0.4, 0.5) is 0 Å². The summed E-state index contributed by atoms with van der Waals surface area (Å²) in [7, 11) is 0. The Hall–Kier alpha value is -1.91. The first-order valence-corrected chi connectivity index (χ1v) is 12.0. The molecule has 0 aliphatic carbocycles. The van der Waals surface area contributed by atoms with Gasteiger partial charge in [0.2, 0.25) is 0 Å². The lowest BCUT2D eigenvalue weighted by atomic mass is 9.92. The van der Waals surface area contributed by atoms with Crippen LogP contribution < -0.4 is 0 Å². The molecule has 0 radical (unpaired) electrons. The van der Waals surface area contributed by atoms with Crippen LogP contribution in [0.25, 0.3) is 0 Å². The van der Waals surface area contributed by atoms with Gasteiger partial charge in [0.15, 0.2) is 0 Å². The lowest BCUT2D eigenvalue weighted by Gasteiger charge is -2.14. The second kappa shape index (κ2) is 17.7. The topological polar surface area (TPSA) is 77.8 Å². The van der Waals surface area contributed by atoms with Gasteiger partial charge < -0.3 is 15.3 Å². The van der Waals surface area contributed by atoms with Crippen molar-refractivity contribution in [3.05, 3.63) is 59.2 Å². The van der Waals surface area contributed by atoms with E-state index in [2.05, 4.69) is 31.2 Å². The second-order valence-corrected chi connectivity index (χ2v) is 8.38. The number of hydrogen-bond acceptors (Lipinski definition) is 3. The van der Waals surface area contributed by atoms with E-state index in [0.717, 1.165) is 44.1 Å². The summed E-state index contributed by atoms with van der Waals surface area (Å²) in [5.41, 5.74) is 2.30. The highest BCUT2D eigenvalue weighted by Gasteiger charge is 2.18. The van der Waals surface area contributed by atoms with Crippen molar-refractivity contribution in [1.82, 2.24) is 0 Å². The monoisotopic (exact) mass is 430 g/mol. The smallest absolute Gasteiger partial charge is 0.306 e. The molecule has 0 saturated heterocycles. The Morgan fingerprint density at radius 1 is 0.806 bits per heavy atom. The second-order valence-electron chi connectivity index (χ2n) is 8.38. The minimum Gasteiger partial charge on any atom is -0.481 e. The van der Waals surface area contributed by atoms with E-state index in [1.54, 1.807) is 6.07 Å². The molecule has 0 spiro atoms. The molecule has 4 heteroatoms. The first-order chi connectivity index (χ1) is 15.1.